The van der Waals surface area contributed by atoms with E-state index < -0.39 is 0 Å². The molecule has 0 atom stereocenters. The maximum atomic E-state index is 12.5. The summed E-state index contributed by atoms with van der Waals surface area (Å²) in [6.07, 6.45) is 1.70. The average molecular weight is 386 g/mol. The predicted molar refractivity (Wildman–Crippen MR) is 117 cm³/mol. The van der Waals surface area contributed by atoms with Gasteiger partial charge >= 0.3 is 0 Å². The van der Waals surface area contributed by atoms with Crippen LogP contribution in [0, 0.1) is 0 Å². The standard InChI is InChI=1S/C24H26N4O/c1-27-13-15-28(16-14-27)22-9-7-20(8-10-22)23-17-21(11-12-25-23)24(29)26-18-19-5-3-2-4-6-19/h2-12,17H,13-16,18H2,1H3,(H,26,29). The van der Waals surface area contributed by atoms with Gasteiger partial charge in [-0.05, 0) is 36.9 Å². The summed E-state index contributed by atoms with van der Waals surface area (Å²) in [5.41, 5.74) is 4.75. The number of nitrogens with one attached hydrogen (secondary N) is 1. The Kier molecular flexibility index (Phi) is 5.86. The van der Waals surface area contributed by atoms with E-state index in [4.69, 9.17) is 0 Å². The molecule has 3 aromatic rings. The summed E-state index contributed by atoms with van der Waals surface area (Å²) in [5, 5.41) is 2.97. The van der Waals surface area contributed by atoms with E-state index >= 15 is 0 Å². The zero-order chi connectivity index (χ0) is 20.1. The maximum absolute atomic E-state index is 12.5. The van der Waals surface area contributed by atoms with E-state index in [0.717, 1.165) is 43.0 Å². The van der Waals surface area contributed by atoms with E-state index in [0.29, 0.717) is 12.1 Å². The van der Waals surface area contributed by atoms with E-state index in [9.17, 15) is 4.79 Å². The molecule has 0 saturated carbocycles. The van der Waals surface area contributed by atoms with Gasteiger partial charge in [0, 0.05) is 55.7 Å². The van der Waals surface area contributed by atoms with Crippen LogP contribution in [0.5, 0.6) is 0 Å². The molecule has 5 nitrogen and oxygen atoms in total. The van der Waals surface area contributed by atoms with Crippen LogP contribution in [-0.2, 0) is 6.54 Å². The number of rotatable bonds is 5. The number of likely N-dealkylation sites (N-methyl/N-ethyl adjacent to an activating group) is 1. The molecule has 148 valence electrons. The van der Waals surface area contributed by atoms with Gasteiger partial charge in [0.1, 0.15) is 0 Å². The molecule has 0 aliphatic carbocycles. The summed E-state index contributed by atoms with van der Waals surface area (Å²) in [7, 11) is 2.16. The van der Waals surface area contributed by atoms with Gasteiger partial charge in [-0.25, -0.2) is 0 Å². The molecule has 1 amide bonds. The first-order valence-electron chi connectivity index (χ1n) is 10.0. The van der Waals surface area contributed by atoms with Crippen LogP contribution in [0.1, 0.15) is 15.9 Å². The number of nitrogens with zero attached hydrogens (tertiary/aromatic N) is 3. The molecule has 2 aromatic carbocycles. The number of hydrogen-bond donors (Lipinski definition) is 1. The lowest BCUT2D eigenvalue weighted by molar-refractivity contribution is 0.0951. The Morgan fingerprint density at radius 2 is 1.69 bits per heavy atom. The monoisotopic (exact) mass is 386 g/mol. The van der Waals surface area contributed by atoms with Crippen molar-refractivity contribution in [2.24, 2.45) is 0 Å². The van der Waals surface area contributed by atoms with E-state index in [1.54, 1.807) is 12.3 Å². The summed E-state index contributed by atoms with van der Waals surface area (Å²) in [6.45, 7) is 4.78. The number of amides is 1. The van der Waals surface area contributed by atoms with E-state index in [1.807, 2.05) is 36.4 Å². The van der Waals surface area contributed by atoms with Crippen LogP contribution in [-0.4, -0.2) is 49.0 Å². The molecule has 0 radical (unpaired) electrons. The normalized spacial score (nSPS) is 14.6. The smallest absolute Gasteiger partial charge is 0.251 e. The molecule has 1 N–H and O–H groups in total. The van der Waals surface area contributed by atoms with Crippen LogP contribution in [0.25, 0.3) is 11.3 Å². The van der Waals surface area contributed by atoms with Crippen molar-refractivity contribution in [2.45, 2.75) is 6.54 Å². The molecule has 0 bridgehead atoms. The molecule has 5 heteroatoms. The number of pyridine rings is 1. The van der Waals surface area contributed by atoms with Crippen molar-refractivity contribution < 1.29 is 4.79 Å². The minimum atomic E-state index is -0.0911. The molecule has 1 fully saturated rings. The highest BCUT2D eigenvalue weighted by molar-refractivity contribution is 5.95. The Labute approximate surface area is 172 Å². The fourth-order valence-corrected chi connectivity index (χ4v) is 3.52. The highest BCUT2D eigenvalue weighted by Gasteiger charge is 2.14. The summed E-state index contributed by atoms with van der Waals surface area (Å²) >= 11 is 0. The zero-order valence-corrected chi connectivity index (χ0v) is 16.7. The second kappa shape index (κ2) is 8.88. The minimum absolute atomic E-state index is 0.0911. The third kappa shape index (κ3) is 4.81. The Hall–Kier alpha value is -3.18. The number of carbonyl (C=O) groups is 1. The summed E-state index contributed by atoms with van der Waals surface area (Å²) in [5.74, 6) is -0.0911. The third-order valence-electron chi connectivity index (χ3n) is 5.35. The maximum Gasteiger partial charge on any atom is 0.251 e. The van der Waals surface area contributed by atoms with Gasteiger partial charge in [-0.2, -0.15) is 0 Å². The van der Waals surface area contributed by atoms with Crippen LogP contribution < -0.4 is 10.2 Å². The molecule has 2 heterocycles. The molecule has 1 aliphatic rings. The van der Waals surface area contributed by atoms with E-state index in [1.165, 1.54) is 5.69 Å². The van der Waals surface area contributed by atoms with Crippen molar-refractivity contribution >= 4 is 11.6 Å². The lowest BCUT2D eigenvalue weighted by Gasteiger charge is -2.34. The quantitative estimate of drug-likeness (QED) is 0.730. The van der Waals surface area contributed by atoms with Crippen LogP contribution in [0.4, 0.5) is 5.69 Å². The third-order valence-corrected chi connectivity index (χ3v) is 5.35. The molecule has 1 saturated heterocycles. The second-order valence-electron chi connectivity index (χ2n) is 7.44. The first kappa shape index (κ1) is 19.2. The topological polar surface area (TPSA) is 48.5 Å². The van der Waals surface area contributed by atoms with Crippen molar-refractivity contribution in [2.75, 3.05) is 38.1 Å². The second-order valence-corrected chi connectivity index (χ2v) is 7.44. The van der Waals surface area contributed by atoms with Crippen molar-refractivity contribution in [3.05, 3.63) is 84.1 Å². The molecular weight excluding hydrogens is 360 g/mol. The molecule has 0 spiro atoms. The predicted octanol–water partition coefficient (Wildman–Crippen LogP) is 3.43. The summed E-state index contributed by atoms with van der Waals surface area (Å²) in [4.78, 5) is 21.8. The summed E-state index contributed by atoms with van der Waals surface area (Å²) < 4.78 is 0. The molecule has 1 aromatic heterocycles. The van der Waals surface area contributed by atoms with Gasteiger partial charge in [-0.15, -0.1) is 0 Å². The van der Waals surface area contributed by atoms with Gasteiger partial charge in [0.15, 0.2) is 0 Å². The molecule has 4 rings (SSSR count). The molecule has 29 heavy (non-hydrogen) atoms. The molecule has 0 unspecified atom stereocenters. The number of hydrogen-bond acceptors (Lipinski definition) is 4. The highest BCUT2D eigenvalue weighted by atomic mass is 16.1. The SMILES string of the molecule is CN1CCN(c2ccc(-c3cc(C(=O)NCc4ccccc4)ccn3)cc2)CC1. The first-order valence-corrected chi connectivity index (χ1v) is 10.0. The zero-order valence-electron chi connectivity index (χ0n) is 16.7. The Morgan fingerprint density at radius 1 is 0.966 bits per heavy atom. The van der Waals surface area contributed by atoms with Crippen molar-refractivity contribution in [3.63, 3.8) is 0 Å². The van der Waals surface area contributed by atoms with Gasteiger partial charge in [-0.1, -0.05) is 42.5 Å². The molecular formula is C24H26N4O. The Balaban J connectivity index is 1.43. The lowest BCUT2D eigenvalue weighted by Crippen LogP contribution is -2.44. The average Bonchev–Trinajstić information content (AvgIpc) is 2.79. The van der Waals surface area contributed by atoms with Crippen molar-refractivity contribution in [1.29, 1.82) is 0 Å². The number of carbonyl (C=O) groups excluding carboxylic acids is 1. The Bertz CT molecular complexity index is 948. The van der Waals surface area contributed by atoms with Crippen molar-refractivity contribution in [1.82, 2.24) is 15.2 Å². The number of benzene rings is 2. The first-order chi connectivity index (χ1) is 14.2. The van der Waals surface area contributed by atoms with Crippen LogP contribution >= 0.6 is 0 Å². The number of piperazine rings is 1. The molecule has 1 aliphatic heterocycles. The van der Waals surface area contributed by atoms with Crippen molar-refractivity contribution in [3.8, 4) is 11.3 Å². The van der Waals surface area contributed by atoms with Gasteiger partial charge in [0.25, 0.3) is 5.91 Å². The highest BCUT2D eigenvalue weighted by Crippen LogP contribution is 2.23. The van der Waals surface area contributed by atoms with E-state index in [-0.39, 0.29) is 5.91 Å². The lowest BCUT2D eigenvalue weighted by atomic mass is 10.1. The van der Waals surface area contributed by atoms with Gasteiger partial charge in [0.2, 0.25) is 0 Å². The number of aromatic nitrogens is 1. The van der Waals surface area contributed by atoms with Crippen LogP contribution in [0.3, 0.4) is 0 Å². The van der Waals surface area contributed by atoms with Crippen LogP contribution in [0.15, 0.2) is 72.9 Å². The van der Waals surface area contributed by atoms with E-state index in [2.05, 4.69) is 51.4 Å². The van der Waals surface area contributed by atoms with Gasteiger partial charge in [0.05, 0.1) is 5.69 Å². The minimum Gasteiger partial charge on any atom is -0.369 e. The fourth-order valence-electron chi connectivity index (χ4n) is 3.52. The summed E-state index contributed by atoms with van der Waals surface area (Å²) in [6, 6.07) is 22.0. The fraction of sp³-hybridized carbons (Fsp3) is 0.250. The Morgan fingerprint density at radius 3 is 2.41 bits per heavy atom. The number of anilines is 1. The van der Waals surface area contributed by atoms with Gasteiger partial charge in [-0.3, -0.25) is 9.78 Å². The largest absolute Gasteiger partial charge is 0.369 e. The van der Waals surface area contributed by atoms with Crippen LogP contribution in [0.2, 0.25) is 0 Å². The van der Waals surface area contributed by atoms with Gasteiger partial charge < -0.3 is 15.1 Å².